The highest BCUT2D eigenvalue weighted by Crippen LogP contribution is 2.15. The number of pyridine rings is 1. The van der Waals surface area contributed by atoms with Crippen LogP contribution in [0.25, 0.3) is 0 Å². The molecule has 1 aliphatic heterocycles. The second kappa shape index (κ2) is 3.96. The topological polar surface area (TPSA) is 28.2 Å². The average Bonchev–Trinajstić information content (AvgIpc) is 2.10. The maximum Gasteiger partial charge on any atom is 0.126 e. The number of anilines is 1. The summed E-state index contributed by atoms with van der Waals surface area (Å²) in [7, 11) is 1.91. The zero-order chi connectivity index (χ0) is 9.97. The lowest BCUT2D eigenvalue weighted by Gasteiger charge is -2.30. The van der Waals surface area contributed by atoms with Crippen LogP contribution in [0.1, 0.15) is 17.7 Å². The van der Waals surface area contributed by atoms with E-state index < -0.39 is 0 Å². The van der Waals surface area contributed by atoms with Crippen molar-refractivity contribution < 1.29 is 0 Å². The average molecular weight is 191 g/mol. The third kappa shape index (κ3) is 2.04. The van der Waals surface area contributed by atoms with Crippen LogP contribution in [0.2, 0.25) is 0 Å². The fourth-order valence-electron chi connectivity index (χ4n) is 1.76. The molecule has 1 aliphatic rings. The fraction of sp³-hybridized carbons (Fsp3) is 0.545. The number of nitrogens with zero attached hydrogens (tertiary/aromatic N) is 2. The number of aryl methyl sites for hydroxylation is 1. The molecule has 0 aliphatic carbocycles. The Kier molecular flexibility index (Phi) is 2.68. The summed E-state index contributed by atoms with van der Waals surface area (Å²) in [5.74, 6) is 0.973. The maximum absolute atomic E-state index is 4.37. The number of hydrogen-bond donors (Lipinski definition) is 1. The normalized spacial score (nSPS) is 16.4. The molecule has 2 rings (SSSR count). The second-order valence-electron chi connectivity index (χ2n) is 3.88. The van der Waals surface area contributed by atoms with Gasteiger partial charge in [0, 0.05) is 19.3 Å². The van der Waals surface area contributed by atoms with Gasteiger partial charge < -0.3 is 5.32 Å². The van der Waals surface area contributed by atoms with Crippen molar-refractivity contribution in [3.05, 3.63) is 23.4 Å². The lowest BCUT2D eigenvalue weighted by Crippen LogP contribution is -2.36. The van der Waals surface area contributed by atoms with Gasteiger partial charge in [-0.15, -0.1) is 0 Å². The summed E-state index contributed by atoms with van der Waals surface area (Å²) in [6, 6.07) is 4.30. The van der Waals surface area contributed by atoms with Crippen LogP contribution < -0.4 is 5.32 Å². The lowest BCUT2D eigenvalue weighted by atomic mass is 10.1. The molecule has 3 heteroatoms. The first-order valence-electron chi connectivity index (χ1n) is 5.15. The molecule has 0 saturated carbocycles. The van der Waals surface area contributed by atoms with E-state index in [-0.39, 0.29) is 0 Å². The number of rotatable bonds is 3. The quantitative estimate of drug-likeness (QED) is 0.787. The molecule has 14 heavy (non-hydrogen) atoms. The van der Waals surface area contributed by atoms with Crippen molar-refractivity contribution in [1.82, 2.24) is 9.88 Å². The van der Waals surface area contributed by atoms with E-state index in [4.69, 9.17) is 0 Å². The van der Waals surface area contributed by atoms with E-state index in [1.54, 1.807) is 0 Å². The van der Waals surface area contributed by atoms with Crippen LogP contribution in [0, 0.1) is 6.92 Å². The van der Waals surface area contributed by atoms with Crippen LogP contribution >= 0.6 is 0 Å². The SMILES string of the molecule is CNc1cc(CN2CCC2)cc(C)n1. The smallest absolute Gasteiger partial charge is 0.126 e. The van der Waals surface area contributed by atoms with Gasteiger partial charge in [0.05, 0.1) is 0 Å². The van der Waals surface area contributed by atoms with E-state index in [1.165, 1.54) is 25.1 Å². The van der Waals surface area contributed by atoms with E-state index in [2.05, 4.69) is 27.3 Å². The highest BCUT2D eigenvalue weighted by molar-refractivity contribution is 5.38. The lowest BCUT2D eigenvalue weighted by molar-refractivity contribution is 0.172. The molecule has 0 aromatic carbocycles. The summed E-state index contributed by atoms with van der Waals surface area (Å²) in [5.41, 5.74) is 2.45. The Morgan fingerprint density at radius 2 is 2.21 bits per heavy atom. The summed E-state index contributed by atoms with van der Waals surface area (Å²) in [4.78, 5) is 6.83. The van der Waals surface area contributed by atoms with E-state index >= 15 is 0 Å². The summed E-state index contributed by atoms with van der Waals surface area (Å²) in [6.07, 6.45) is 1.35. The third-order valence-corrected chi connectivity index (χ3v) is 2.62. The fourth-order valence-corrected chi connectivity index (χ4v) is 1.76. The Morgan fingerprint density at radius 1 is 1.43 bits per heavy atom. The van der Waals surface area contributed by atoms with Gasteiger partial charge >= 0.3 is 0 Å². The van der Waals surface area contributed by atoms with Crippen molar-refractivity contribution in [2.75, 3.05) is 25.5 Å². The van der Waals surface area contributed by atoms with Gasteiger partial charge in [-0.05, 0) is 44.1 Å². The number of hydrogen-bond acceptors (Lipinski definition) is 3. The van der Waals surface area contributed by atoms with Crippen molar-refractivity contribution in [2.45, 2.75) is 19.9 Å². The molecule has 0 atom stereocenters. The molecule has 0 bridgehead atoms. The Labute approximate surface area is 85.1 Å². The molecule has 1 saturated heterocycles. The standard InChI is InChI=1S/C11H17N3/c1-9-6-10(7-11(12-2)13-9)8-14-4-3-5-14/h6-7H,3-5,8H2,1-2H3,(H,12,13). The van der Waals surface area contributed by atoms with Crippen LogP contribution in [0.3, 0.4) is 0 Å². The predicted molar refractivity (Wildman–Crippen MR) is 58.4 cm³/mol. The number of aromatic nitrogens is 1. The first kappa shape index (κ1) is 9.46. The minimum absolute atomic E-state index is 0.973. The third-order valence-electron chi connectivity index (χ3n) is 2.62. The first-order valence-corrected chi connectivity index (χ1v) is 5.15. The van der Waals surface area contributed by atoms with Crippen molar-refractivity contribution in [3.8, 4) is 0 Å². The van der Waals surface area contributed by atoms with Crippen molar-refractivity contribution in [1.29, 1.82) is 0 Å². The highest BCUT2D eigenvalue weighted by Gasteiger charge is 2.14. The summed E-state index contributed by atoms with van der Waals surface area (Å²) >= 11 is 0. The molecule has 0 amide bonds. The van der Waals surface area contributed by atoms with Crippen molar-refractivity contribution in [2.24, 2.45) is 0 Å². The molecule has 3 nitrogen and oxygen atoms in total. The molecule has 1 aromatic heterocycles. The molecule has 0 unspecified atom stereocenters. The van der Waals surface area contributed by atoms with Crippen LogP contribution in [0.15, 0.2) is 12.1 Å². The van der Waals surface area contributed by atoms with Gasteiger partial charge in [-0.2, -0.15) is 0 Å². The Balaban J connectivity index is 2.11. The first-order chi connectivity index (χ1) is 6.78. The molecule has 2 heterocycles. The van der Waals surface area contributed by atoms with E-state index in [9.17, 15) is 0 Å². The minimum Gasteiger partial charge on any atom is -0.373 e. The van der Waals surface area contributed by atoms with Crippen LogP contribution in [-0.2, 0) is 6.54 Å². The molecule has 0 spiro atoms. The minimum atomic E-state index is 0.973. The molecule has 1 N–H and O–H groups in total. The van der Waals surface area contributed by atoms with Gasteiger partial charge in [-0.1, -0.05) is 0 Å². The van der Waals surface area contributed by atoms with Gasteiger partial charge in [0.25, 0.3) is 0 Å². The van der Waals surface area contributed by atoms with Gasteiger partial charge in [0.15, 0.2) is 0 Å². The summed E-state index contributed by atoms with van der Waals surface area (Å²) in [5, 5.41) is 3.09. The van der Waals surface area contributed by atoms with Crippen LogP contribution in [-0.4, -0.2) is 30.0 Å². The number of likely N-dealkylation sites (tertiary alicyclic amines) is 1. The van der Waals surface area contributed by atoms with Gasteiger partial charge in [0.2, 0.25) is 0 Å². The zero-order valence-corrected chi connectivity index (χ0v) is 8.88. The Hall–Kier alpha value is -1.09. The number of nitrogens with one attached hydrogen (secondary N) is 1. The molecular formula is C11H17N3. The Morgan fingerprint density at radius 3 is 2.79 bits per heavy atom. The van der Waals surface area contributed by atoms with Gasteiger partial charge in [-0.25, -0.2) is 4.98 Å². The zero-order valence-electron chi connectivity index (χ0n) is 8.88. The van der Waals surface area contributed by atoms with Crippen LogP contribution in [0.4, 0.5) is 5.82 Å². The second-order valence-corrected chi connectivity index (χ2v) is 3.88. The maximum atomic E-state index is 4.37. The summed E-state index contributed by atoms with van der Waals surface area (Å²) in [6.45, 7) is 5.60. The van der Waals surface area contributed by atoms with Crippen LogP contribution in [0.5, 0.6) is 0 Å². The molecule has 76 valence electrons. The molecule has 1 fully saturated rings. The van der Waals surface area contributed by atoms with E-state index in [0.717, 1.165) is 18.1 Å². The molecule has 1 aromatic rings. The molecule has 0 radical (unpaired) electrons. The van der Waals surface area contributed by atoms with Crippen molar-refractivity contribution >= 4 is 5.82 Å². The van der Waals surface area contributed by atoms with E-state index in [0.29, 0.717) is 0 Å². The highest BCUT2D eigenvalue weighted by atomic mass is 15.2. The van der Waals surface area contributed by atoms with Gasteiger partial charge in [0.1, 0.15) is 5.82 Å². The van der Waals surface area contributed by atoms with Crippen molar-refractivity contribution in [3.63, 3.8) is 0 Å². The predicted octanol–water partition coefficient (Wildman–Crippen LogP) is 1.64. The summed E-state index contributed by atoms with van der Waals surface area (Å²) < 4.78 is 0. The van der Waals surface area contributed by atoms with E-state index in [1.807, 2.05) is 14.0 Å². The molecular weight excluding hydrogens is 174 g/mol. The Bertz CT molecular complexity index is 318. The largest absolute Gasteiger partial charge is 0.373 e. The monoisotopic (exact) mass is 191 g/mol. The van der Waals surface area contributed by atoms with Gasteiger partial charge in [-0.3, -0.25) is 4.90 Å².